The largest absolute Gasteiger partial charge is 0.496 e. The number of carbonyl (C=O) groups is 2. The molecule has 0 atom stereocenters. The molecule has 0 saturated carbocycles. The smallest absolute Gasteiger partial charge is 0.339 e. The first kappa shape index (κ1) is 13.6. The van der Waals surface area contributed by atoms with Crippen LogP contribution in [0.1, 0.15) is 17.3 Å². The monoisotopic (exact) mass is 275 g/mol. The number of anilines is 1. The first-order valence-corrected chi connectivity index (χ1v) is 5.75. The van der Waals surface area contributed by atoms with Crippen LogP contribution in [0.4, 0.5) is 5.69 Å². The van der Waals surface area contributed by atoms with Crippen LogP contribution in [0.15, 0.2) is 24.4 Å². The molecule has 7 heteroatoms. The highest BCUT2D eigenvalue weighted by atomic mass is 16.5. The molecule has 0 aliphatic heterocycles. The van der Waals surface area contributed by atoms with Crippen LogP contribution in [-0.2, 0) is 4.79 Å². The number of amides is 1. The molecule has 0 radical (unpaired) electrons. The first-order valence-electron chi connectivity index (χ1n) is 5.75. The van der Waals surface area contributed by atoms with Crippen LogP contribution in [0.25, 0.3) is 11.3 Å². The molecule has 1 aromatic carbocycles. The van der Waals surface area contributed by atoms with Gasteiger partial charge in [-0.1, -0.05) is 0 Å². The number of ether oxygens (including phenoxy) is 1. The van der Waals surface area contributed by atoms with E-state index >= 15 is 0 Å². The number of nitrogens with zero attached hydrogens (tertiary/aromatic N) is 1. The Morgan fingerprint density at radius 2 is 2.15 bits per heavy atom. The van der Waals surface area contributed by atoms with Gasteiger partial charge >= 0.3 is 5.97 Å². The van der Waals surface area contributed by atoms with Gasteiger partial charge in [-0.05, 0) is 18.2 Å². The lowest BCUT2D eigenvalue weighted by Gasteiger charge is -2.10. The first-order chi connectivity index (χ1) is 9.52. The third kappa shape index (κ3) is 2.61. The van der Waals surface area contributed by atoms with Gasteiger partial charge in [0.25, 0.3) is 0 Å². The minimum atomic E-state index is -1.10. The third-order valence-electron chi connectivity index (χ3n) is 2.66. The fourth-order valence-electron chi connectivity index (χ4n) is 1.84. The zero-order valence-corrected chi connectivity index (χ0v) is 10.9. The lowest BCUT2D eigenvalue weighted by molar-refractivity contribution is -0.114. The predicted molar refractivity (Wildman–Crippen MR) is 71.8 cm³/mol. The quantitative estimate of drug-likeness (QED) is 0.788. The highest BCUT2D eigenvalue weighted by molar-refractivity contribution is 5.96. The number of nitrogens with one attached hydrogen (secondary N) is 2. The molecule has 2 aromatic rings. The maximum Gasteiger partial charge on any atom is 0.339 e. The zero-order valence-electron chi connectivity index (χ0n) is 10.9. The molecule has 0 aliphatic carbocycles. The van der Waals surface area contributed by atoms with Crippen molar-refractivity contribution < 1.29 is 19.4 Å². The number of H-pyrrole nitrogens is 1. The number of benzene rings is 1. The number of carboxylic acids is 1. The molecule has 0 bridgehead atoms. The van der Waals surface area contributed by atoms with Gasteiger partial charge in [0.05, 0.1) is 19.0 Å². The Kier molecular flexibility index (Phi) is 3.69. The van der Waals surface area contributed by atoms with E-state index in [1.54, 1.807) is 18.2 Å². The molecule has 1 heterocycles. The summed E-state index contributed by atoms with van der Waals surface area (Å²) in [4.78, 5) is 22.2. The Labute approximate surface area is 114 Å². The van der Waals surface area contributed by atoms with Gasteiger partial charge < -0.3 is 15.2 Å². The van der Waals surface area contributed by atoms with Gasteiger partial charge in [-0.25, -0.2) is 4.79 Å². The molecule has 0 fully saturated rings. The summed E-state index contributed by atoms with van der Waals surface area (Å²) >= 11 is 0. The van der Waals surface area contributed by atoms with Crippen molar-refractivity contribution in [1.82, 2.24) is 10.2 Å². The summed E-state index contributed by atoms with van der Waals surface area (Å²) in [7, 11) is 1.48. The molecule has 3 N–H and O–H groups in total. The van der Waals surface area contributed by atoms with Gasteiger partial charge in [0.15, 0.2) is 0 Å². The van der Waals surface area contributed by atoms with E-state index in [2.05, 4.69) is 15.5 Å². The molecule has 0 spiro atoms. The predicted octanol–water partition coefficient (Wildman–Crippen LogP) is 1.74. The second kappa shape index (κ2) is 5.43. The molecular weight excluding hydrogens is 262 g/mol. The van der Waals surface area contributed by atoms with Crippen LogP contribution in [-0.4, -0.2) is 34.3 Å². The number of carboxylic acid groups (broad SMARTS) is 1. The number of carbonyl (C=O) groups excluding carboxylic acids is 1. The Balaban J connectivity index is 2.55. The fraction of sp³-hybridized carbons (Fsp3) is 0.154. The Hall–Kier alpha value is -2.83. The Morgan fingerprint density at radius 1 is 1.40 bits per heavy atom. The van der Waals surface area contributed by atoms with E-state index in [9.17, 15) is 9.59 Å². The van der Waals surface area contributed by atoms with E-state index in [-0.39, 0.29) is 11.5 Å². The van der Waals surface area contributed by atoms with Crippen molar-refractivity contribution in [3.05, 3.63) is 30.0 Å². The van der Waals surface area contributed by atoms with E-state index in [1.807, 2.05) is 0 Å². The molecule has 0 aliphatic rings. The normalized spacial score (nSPS) is 10.1. The number of hydrogen-bond donors (Lipinski definition) is 3. The van der Waals surface area contributed by atoms with Crippen LogP contribution in [0.2, 0.25) is 0 Å². The maximum atomic E-state index is 11.1. The third-order valence-corrected chi connectivity index (χ3v) is 2.66. The number of hydrogen-bond acceptors (Lipinski definition) is 4. The summed E-state index contributed by atoms with van der Waals surface area (Å²) in [5.41, 5.74) is 1.40. The summed E-state index contributed by atoms with van der Waals surface area (Å²) in [6.45, 7) is 1.39. The van der Waals surface area contributed by atoms with Gasteiger partial charge in [-0.15, -0.1) is 0 Å². The van der Waals surface area contributed by atoms with Gasteiger partial charge in [-0.3, -0.25) is 9.89 Å². The van der Waals surface area contributed by atoms with Crippen LogP contribution in [0.5, 0.6) is 5.75 Å². The van der Waals surface area contributed by atoms with E-state index in [0.717, 1.165) is 0 Å². The van der Waals surface area contributed by atoms with Crippen LogP contribution < -0.4 is 10.1 Å². The standard InChI is InChI=1S/C13H13N3O4/c1-7(17)15-8-3-4-11(20-2)9(5-8)12-10(13(18)19)6-14-16-12/h3-6H,1-2H3,(H,14,16)(H,15,17)(H,18,19). The number of aromatic amines is 1. The molecule has 20 heavy (non-hydrogen) atoms. The summed E-state index contributed by atoms with van der Waals surface area (Å²) in [6.07, 6.45) is 1.22. The van der Waals surface area contributed by atoms with Crippen molar-refractivity contribution >= 4 is 17.6 Å². The molecule has 1 aromatic heterocycles. The van der Waals surface area contributed by atoms with Crippen molar-refractivity contribution in [2.24, 2.45) is 0 Å². The van der Waals surface area contributed by atoms with Crippen LogP contribution in [0, 0.1) is 0 Å². The van der Waals surface area contributed by atoms with E-state index in [1.165, 1.54) is 20.2 Å². The highest BCUT2D eigenvalue weighted by Crippen LogP contribution is 2.33. The van der Waals surface area contributed by atoms with Crippen molar-refractivity contribution in [3.8, 4) is 17.0 Å². The summed E-state index contributed by atoms with van der Waals surface area (Å²) in [6, 6.07) is 4.94. The average Bonchev–Trinajstić information content (AvgIpc) is 2.87. The number of aromatic nitrogens is 2. The average molecular weight is 275 g/mol. The topological polar surface area (TPSA) is 104 Å². The van der Waals surface area contributed by atoms with Gasteiger partial charge in [0, 0.05) is 18.2 Å². The van der Waals surface area contributed by atoms with Crippen molar-refractivity contribution in [2.45, 2.75) is 6.92 Å². The molecule has 104 valence electrons. The lowest BCUT2D eigenvalue weighted by Crippen LogP contribution is -2.06. The van der Waals surface area contributed by atoms with Gasteiger partial charge in [0.2, 0.25) is 5.91 Å². The Bertz CT molecular complexity index is 663. The minimum absolute atomic E-state index is 0.0308. The number of methoxy groups -OCH3 is 1. The molecule has 7 nitrogen and oxygen atoms in total. The second-order valence-corrected chi connectivity index (χ2v) is 4.06. The van der Waals surface area contributed by atoms with Crippen LogP contribution in [0.3, 0.4) is 0 Å². The van der Waals surface area contributed by atoms with Crippen molar-refractivity contribution in [3.63, 3.8) is 0 Å². The molecule has 2 rings (SSSR count). The summed E-state index contributed by atoms with van der Waals surface area (Å²) in [5, 5.41) is 18.1. The van der Waals surface area contributed by atoms with E-state index in [0.29, 0.717) is 22.7 Å². The van der Waals surface area contributed by atoms with E-state index in [4.69, 9.17) is 9.84 Å². The SMILES string of the molecule is COc1ccc(NC(C)=O)cc1-c1[nH]ncc1C(=O)O. The van der Waals surface area contributed by atoms with Gasteiger partial charge in [-0.2, -0.15) is 5.10 Å². The van der Waals surface area contributed by atoms with Crippen molar-refractivity contribution in [2.75, 3.05) is 12.4 Å². The molecule has 0 unspecified atom stereocenters. The van der Waals surface area contributed by atoms with Crippen LogP contribution >= 0.6 is 0 Å². The summed E-state index contributed by atoms with van der Waals surface area (Å²) < 4.78 is 5.21. The summed E-state index contributed by atoms with van der Waals surface area (Å²) in [5.74, 6) is -0.837. The molecule has 0 saturated heterocycles. The maximum absolute atomic E-state index is 11.1. The number of aromatic carboxylic acids is 1. The minimum Gasteiger partial charge on any atom is -0.496 e. The van der Waals surface area contributed by atoms with E-state index < -0.39 is 5.97 Å². The lowest BCUT2D eigenvalue weighted by atomic mass is 10.1. The second-order valence-electron chi connectivity index (χ2n) is 4.06. The highest BCUT2D eigenvalue weighted by Gasteiger charge is 2.18. The zero-order chi connectivity index (χ0) is 14.7. The fourth-order valence-corrected chi connectivity index (χ4v) is 1.84. The van der Waals surface area contributed by atoms with Crippen molar-refractivity contribution in [1.29, 1.82) is 0 Å². The molecule has 1 amide bonds. The Morgan fingerprint density at radius 3 is 2.75 bits per heavy atom. The van der Waals surface area contributed by atoms with Gasteiger partial charge in [0.1, 0.15) is 11.3 Å². The number of rotatable bonds is 4. The molecular formula is C13H13N3O4.